The minimum Gasteiger partial charge on any atom is -0.486 e. The zero-order valence-electron chi connectivity index (χ0n) is 15.0. The lowest BCUT2D eigenvalue weighted by molar-refractivity contribution is 0.171. The molecule has 1 fully saturated rings. The summed E-state index contributed by atoms with van der Waals surface area (Å²) in [6, 6.07) is 11.9. The van der Waals surface area contributed by atoms with Crippen molar-refractivity contribution in [2.45, 2.75) is 19.2 Å². The van der Waals surface area contributed by atoms with Crippen molar-refractivity contribution in [1.29, 1.82) is 0 Å². The molecule has 0 aromatic heterocycles. The van der Waals surface area contributed by atoms with Crippen LogP contribution in [-0.2, 0) is 0 Å². The molecule has 2 aromatic rings. The smallest absolute Gasteiger partial charge is 0.323 e. The molecule has 136 valence electrons. The van der Waals surface area contributed by atoms with Gasteiger partial charge in [-0.2, -0.15) is 0 Å². The first-order chi connectivity index (χ1) is 12.6. The molecular formula is C20H22N2O3S. The van der Waals surface area contributed by atoms with Crippen molar-refractivity contribution in [3.8, 4) is 11.5 Å². The van der Waals surface area contributed by atoms with E-state index in [1.807, 2.05) is 41.3 Å². The van der Waals surface area contributed by atoms with Gasteiger partial charge in [0.05, 0.1) is 0 Å². The van der Waals surface area contributed by atoms with Gasteiger partial charge in [0.1, 0.15) is 18.6 Å². The van der Waals surface area contributed by atoms with Gasteiger partial charge < -0.3 is 19.7 Å². The fourth-order valence-electron chi connectivity index (χ4n) is 3.18. The summed E-state index contributed by atoms with van der Waals surface area (Å²) in [4.78, 5) is 14.7. The van der Waals surface area contributed by atoms with Gasteiger partial charge in [-0.1, -0.05) is 12.1 Å². The summed E-state index contributed by atoms with van der Waals surface area (Å²) < 4.78 is 11.3. The van der Waals surface area contributed by atoms with Crippen molar-refractivity contribution in [1.82, 2.24) is 4.90 Å². The molecule has 1 saturated heterocycles. The highest BCUT2D eigenvalue weighted by atomic mass is 32.2. The fraction of sp³-hybridized carbons (Fsp3) is 0.350. The molecule has 1 atom stereocenters. The van der Waals surface area contributed by atoms with Crippen LogP contribution in [0.15, 0.2) is 36.4 Å². The predicted octanol–water partition coefficient (Wildman–Crippen LogP) is 4.35. The molecule has 0 spiro atoms. The number of anilines is 1. The normalized spacial score (nSPS) is 18.7. The Morgan fingerprint density at radius 1 is 1.08 bits per heavy atom. The van der Waals surface area contributed by atoms with Crippen LogP contribution in [0.5, 0.6) is 11.5 Å². The van der Waals surface area contributed by atoms with Crippen LogP contribution in [-0.4, -0.2) is 36.4 Å². The van der Waals surface area contributed by atoms with Crippen molar-refractivity contribution in [3.63, 3.8) is 0 Å². The van der Waals surface area contributed by atoms with Crippen molar-refractivity contribution in [2.24, 2.45) is 0 Å². The number of urea groups is 1. The first-order valence-corrected chi connectivity index (χ1v) is 9.83. The highest BCUT2D eigenvalue weighted by Crippen LogP contribution is 2.41. The quantitative estimate of drug-likeness (QED) is 0.854. The van der Waals surface area contributed by atoms with E-state index >= 15 is 0 Å². The van der Waals surface area contributed by atoms with Crippen molar-refractivity contribution >= 4 is 23.5 Å². The molecule has 2 aromatic carbocycles. The number of fused-ring (bicyclic) bond motifs is 1. The van der Waals surface area contributed by atoms with Gasteiger partial charge in [-0.25, -0.2) is 4.79 Å². The number of nitrogens with zero attached hydrogens (tertiary/aromatic N) is 1. The molecule has 2 aliphatic heterocycles. The number of nitrogens with one attached hydrogen (secondary N) is 1. The third kappa shape index (κ3) is 3.33. The minimum absolute atomic E-state index is 0.0163. The van der Waals surface area contributed by atoms with Gasteiger partial charge >= 0.3 is 6.03 Å². The summed E-state index contributed by atoms with van der Waals surface area (Å²) in [6.07, 6.45) is 0. The number of carbonyl (C=O) groups is 1. The third-order valence-electron chi connectivity index (χ3n) is 4.76. The van der Waals surface area contributed by atoms with Crippen LogP contribution in [0.1, 0.15) is 22.1 Å². The van der Waals surface area contributed by atoms with Crippen LogP contribution in [0.25, 0.3) is 0 Å². The second-order valence-corrected chi connectivity index (χ2v) is 7.74. The number of amides is 2. The molecule has 0 radical (unpaired) electrons. The van der Waals surface area contributed by atoms with E-state index in [-0.39, 0.29) is 11.4 Å². The van der Waals surface area contributed by atoms with Gasteiger partial charge in [-0.15, -0.1) is 11.8 Å². The van der Waals surface area contributed by atoms with E-state index < -0.39 is 0 Å². The van der Waals surface area contributed by atoms with Gasteiger partial charge in [0.25, 0.3) is 0 Å². The van der Waals surface area contributed by atoms with Gasteiger partial charge in [-0.3, -0.25) is 0 Å². The monoisotopic (exact) mass is 370 g/mol. The maximum absolute atomic E-state index is 12.8. The first kappa shape index (κ1) is 17.1. The number of ether oxygens (including phenoxy) is 2. The molecule has 1 N–H and O–H groups in total. The number of carbonyl (C=O) groups excluding carboxylic acids is 1. The number of hydrogen-bond donors (Lipinski definition) is 1. The van der Waals surface area contributed by atoms with E-state index in [2.05, 4.69) is 19.2 Å². The van der Waals surface area contributed by atoms with Crippen LogP contribution in [0.2, 0.25) is 0 Å². The predicted molar refractivity (Wildman–Crippen MR) is 104 cm³/mol. The largest absolute Gasteiger partial charge is 0.486 e. The second kappa shape index (κ2) is 7.11. The Bertz CT molecular complexity index is 840. The number of thioether (sulfide) groups is 1. The maximum atomic E-state index is 12.8. The van der Waals surface area contributed by atoms with Crippen molar-refractivity contribution in [3.05, 3.63) is 53.1 Å². The molecular weight excluding hydrogens is 348 g/mol. The Hall–Kier alpha value is -2.34. The summed E-state index contributed by atoms with van der Waals surface area (Å²) in [5, 5.41) is 3.02. The number of benzene rings is 2. The molecule has 1 unspecified atom stereocenters. The Morgan fingerprint density at radius 3 is 2.69 bits per heavy atom. The van der Waals surface area contributed by atoms with Gasteiger partial charge in [0, 0.05) is 18.0 Å². The lowest BCUT2D eigenvalue weighted by atomic mass is 10.1. The number of aryl methyl sites for hydroxylation is 2. The van der Waals surface area contributed by atoms with Crippen molar-refractivity contribution in [2.75, 3.05) is 30.8 Å². The summed E-state index contributed by atoms with van der Waals surface area (Å²) >= 11 is 1.77. The maximum Gasteiger partial charge on any atom is 0.323 e. The van der Waals surface area contributed by atoms with Crippen LogP contribution in [0, 0.1) is 13.8 Å². The van der Waals surface area contributed by atoms with E-state index in [1.165, 1.54) is 11.1 Å². The first-order valence-electron chi connectivity index (χ1n) is 8.78. The molecule has 5 nitrogen and oxygen atoms in total. The van der Waals surface area contributed by atoms with Gasteiger partial charge in [0.2, 0.25) is 0 Å². The molecule has 6 heteroatoms. The summed E-state index contributed by atoms with van der Waals surface area (Å²) in [7, 11) is 0. The van der Waals surface area contributed by atoms with Crippen molar-refractivity contribution < 1.29 is 14.3 Å². The zero-order chi connectivity index (χ0) is 18.1. The molecule has 2 amide bonds. The number of rotatable bonds is 2. The SMILES string of the molecule is Cc1ccc(NC(=O)N2CCSC2c2ccc3c(c2)OCCO3)cc1C. The van der Waals surface area contributed by atoms with E-state index in [0.29, 0.717) is 13.2 Å². The lowest BCUT2D eigenvalue weighted by Crippen LogP contribution is -2.34. The molecule has 0 aliphatic carbocycles. The molecule has 4 rings (SSSR count). The van der Waals surface area contributed by atoms with Gasteiger partial charge in [-0.05, 0) is 54.8 Å². The highest BCUT2D eigenvalue weighted by molar-refractivity contribution is 7.99. The standard InChI is InChI=1S/C20H22N2O3S/c1-13-3-5-16(11-14(13)2)21-20(23)22-7-10-26-19(22)15-4-6-17-18(12-15)25-9-8-24-17/h3-6,11-12,19H,7-10H2,1-2H3,(H,21,23). The molecule has 2 heterocycles. The summed E-state index contributed by atoms with van der Waals surface area (Å²) in [5.41, 5.74) is 4.28. The van der Waals surface area contributed by atoms with E-state index in [4.69, 9.17) is 9.47 Å². The van der Waals surface area contributed by atoms with Crippen LogP contribution in [0.4, 0.5) is 10.5 Å². The zero-order valence-corrected chi connectivity index (χ0v) is 15.8. The molecule has 0 saturated carbocycles. The topological polar surface area (TPSA) is 50.8 Å². The average Bonchev–Trinajstić information content (AvgIpc) is 3.14. The Morgan fingerprint density at radius 2 is 1.88 bits per heavy atom. The fourth-order valence-corrected chi connectivity index (χ4v) is 4.43. The Kier molecular flexibility index (Phi) is 4.68. The summed E-state index contributed by atoms with van der Waals surface area (Å²) in [5.74, 6) is 2.45. The Labute approximate surface area is 157 Å². The van der Waals surface area contributed by atoms with E-state index in [0.717, 1.165) is 35.0 Å². The van der Waals surface area contributed by atoms with Crippen LogP contribution in [0.3, 0.4) is 0 Å². The molecule has 2 aliphatic rings. The summed E-state index contributed by atoms with van der Waals surface area (Å²) in [6.45, 7) is 5.98. The second-order valence-electron chi connectivity index (χ2n) is 6.55. The minimum atomic E-state index is -0.0712. The number of hydrogen-bond acceptors (Lipinski definition) is 4. The molecule has 26 heavy (non-hydrogen) atoms. The van der Waals surface area contributed by atoms with Crippen LogP contribution >= 0.6 is 11.8 Å². The highest BCUT2D eigenvalue weighted by Gasteiger charge is 2.31. The molecule has 0 bridgehead atoms. The van der Waals surface area contributed by atoms with Gasteiger partial charge in [0.15, 0.2) is 11.5 Å². The van der Waals surface area contributed by atoms with Crippen LogP contribution < -0.4 is 14.8 Å². The third-order valence-corrected chi connectivity index (χ3v) is 6.02. The lowest BCUT2D eigenvalue weighted by Gasteiger charge is -2.26. The van der Waals surface area contributed by atoms with E-state index in [9.17, 15) is 4.79 Å². The average molecular weight is 370 g/mol. The van der Waals surface area contributed by atoms with E-state index in [1.54, 1.807) is 11.8 Å². The Balaban J connectivity index is 1.52.